The van der Waals surface area contributed by atoms with Gasteiger partial charge in [-0.2, -0.15) is 0 Å². The maximum atomic E-state index is 8.58. The van der Waals surface area contributed by atoms with Crippen LogP contribution in [0.5, 0.6) is 0 Å². The quantitative estimate of drug-likeness (QED) is 0.398. The van der Waals surface area contributed by atoms with Crippen LogP contribution in [0.2, 0.25) is 0 Å². The van der Waals surface area contributed by atoms with Crippen molar-refractivity contribution < 1.29 is 99.8 Å². The Labute approximate surface area is 99.2 Å². The molecule has 0 rings (SSSR count). The van der Waals surface area contributed by atoms with Crippen LogP contribution in [0.15, 0.2) is 0 Å². The molecule has 13 heteroatoms. The third-order valence-corrected chi connectivity index (χ3v) is 0. The van der Waals surface area contributed by atoms with Crippen LogP contribution < -0.4 is 35.6 Å². The average molecular weight is 317 g/mol. The van der Waals surface area contributed by atoms with Crippen molar-refractivity contribution in [3.05, 3.63) is 0 Å². The van der Waals surface area contributed by atoms with Gasteiger partial charge in [0.05, 0.1) is 0 Å². The van der Waals surface area contributed by atoms with Crippen molar-refractivity contribution in [3.8, 4) is 0 Å². The van der Waals surface area contributed by atoms with Crippen LogP contribution in [0.1, 0.15) is 0 Å². The van der Waals surface area contributed by atoms with E-state index in [2.05, 4.69) is 0 Å². The molecule has 13 heavy (non-hydrogen) atoms. The summed E-state index contributed by atoms with van der Waals surface area (Å²) in [6.45, 7) is 0. The Balaban J connectivity index is -0.0000000267. The monoisotopic (exact) mass is 317 g/mol. The minimum absolute atomic E-state index is 0. The molecule has 0 spiro atoms. The van der Waals surface area contributed by atoms with Gasteiger partial charge >= 0.3 is 95.1 Å². The molecule has 0 N–H and O–H groups in total. The minimum atomic E-state index is -5.62. The van der Waals surface area contributed by atoms with Crippen molar-refractivity contribution in [2.45, 2.75) is 0 Å². The summed E-state index contributed by atoms with van der Waals surface area (Å²) in [4.78, 5) is 0. The maximum absolute atomic E-state index is 8.58. The molecule has 0 aromatic rings. The summed E-state index contributed by atoms with van der Waals surface area (Å²) in [5.41, 5.74) is 0. The SMILES string of the molecule is F.[Cr+3].[Li+].[O]=[Mn](=[O])([O-])[O-].[O]=[Mn](=[O])([O-])[O-]. The molecule has 0 amide bonds. The van der Waals surface area contributed by atoms with E-state index < -0.39 is 26.7 Å². The van der Waals surface area contributed by atoms with Crippen LogP contribution in [0.25, 0.3) is 0 Å². The van der Waals surface area contributed by atoms with Crippen LogP contribution in [0.4, 0.5) is 4.70 Å². The van der Waals surface area contributed by atoms with Gasteiger partial charge in [-0.05, 0) is 0 Å². The van der Waals surface area contributed by atoms with Crippen molar-refractivity contribution in [2.24, 2.45) is 0 Å². The van der Waals surface area contributed by atoms with Gasteiger partial charge in [-0.25, -0.2) is 0 Å². The molecule has 0 bridgehead atoms. The van der Waals surface area contributed by atoms with Gasteiger partial charge in [-0.15, -0.1) is 0 Å². The van der Waals surface area contributed by atoms with Gasteiger partial charge in [0.1, 0.15) is 0 Å². The van der Waals surface area contributed by atoms with E-state index in [0.29, 0.717) is 0 Å². The summed E-state index contributed by atoms with van der Waals surface area (Å²) in [6.07, 6.45) is 0. The van der Waals surface area contributed by atoms with E-state index in [4.69, 9.17) is 32.1 Å². The normalized spacial score (nSPS) is 8.92. The summed E-state index contributed by atoms with van der Waals surface area (Å²) in [7, 11) is 0. The zero-order valence-corrected chi connectivity index (χ0v) is 9.47. The van der Waals surface area contributed by atoms with Crippen molar-refractivity contribution >= 4 is 0 Å². The van der Waals surface area contributed by atoms with Gasteiger partial charge in [0.15, 0.2) is 0 Å². The first-order valence-corrected chi connectivity index (χ1v) is 5.09. The number of hydrogen-bond acceptors (Lipinski definition) is 8. The summed E-state index contributed by atoms with van der Waals surface area (Å²) in [5, 5.41) is 0. The molecule has 0 aliphatic rings. The van der Waals surface area contributed by atoms with Gasteiger partial charge in [0.2, 0.25) is 0 Å². The standard InChI is InChI=1S/Cr.FH.Li.2Mn.8O/h;1H;;;;;;;;;;;/q+3;;+1;;;;;;;4*-1. The van der Waals surface area contributed by atoms with E-state index >= 15 is 0 Å². The van der Waals surface area contributed by atoms with Crippen molar-refractivity contribution in [2.75, 3.05) is 0 Å². The fourth-order valence-electron chi connectivity index (χ4n) is 0. The molecule has 0 aromatic carbocycles. The summed E-state index contributed by atoms with van der Waals surface area (Å²) in [5.74, 6) is 0. The Kier molecular flexibility index (Phi) is 25.2. The summed E-state index contributed by atoms with van der Waals surface area (Å²) < 4.78 is 68.6. The first kappa shape index (κ1) is 29.2. The molecular formula is HCrFLiMn2O8. The average Bonchev–Trinajstić information content (AvgIpc) is 1.12. The van der Waals surface area contributed by atoms with E-state index in [1.165, 1.54) is 0 Å². The first-order chi connectivity index (χ1) is 4.00. The fourth-order valence-corrected chi connectivity index (χ4v) is 0. The molecule has 0 aromatic heterocycles. The van der Waals surface area contributed by atoms with Gasteiger partial charge < -0.3 is 0 Å². The van der Waals surface area contributed by atoms with E-state index in [0.717, 1.165) is 0 Å². The molecule has 0 saturated heterocycles. The van der Waals surface area contributed by atoms with Crippen LogP contribution in [0, 0.1) is 0 Å². The Hall–Kier alpha value is 1.14. The second-order valence-corrected chi connectivity index (χ2v) is 3.12. The Morgan fingerprint density at radius 1 is 0.692 bits per heavy atom. The van der Waals surface area contributed by atoms with Crippen LogP contribution >= 0.6 is 0 Å². The molecule has 1 radical (unpaired) electrons. The first-order valence-electron chi connectivity index (χ1n) is 1.23. The Bertz CT molecular complexity index is 219. The third-order valence-electron chi connectivity index (χ3n) is 0. The van der Waals surface area contributed by atoms with Gasteiger partial charge in [-0.3, -0.25) is 4.70 Å². The van der Waals surface area contributed by atoms with E-state index in [-0.39, 0.29) is 40.9 Å². The van der Waals surface area contributed by atoms with Gasteiger partial charge in [-0.1, -0.05) is 0 Å². The number of halogens is 1. The van der Waals surface area contributed by atoms with Gasteiger partial charge in [0, 0.05) is 0 Å². The third kappa shape index (κ3) is 1260. The topological polar surface area (TPSA) is 161 Å². The Morgan fingerprint density at radius 2 is 0.692 bits per heavy atom. The number of hydrogen-bond donors (Lipinski definition) is 0. The molecule has 0 unspecified atom stereocenters. The second kappa shape index (κ2) is 11.2. The van der Waals surface area contributed by atoms with E-state index in [1.54, 1.807) is 0 Å². The molecule has 0 aliphatic carbocycles. The van der Waals surface area contributed by atoms with Crippen LogP contribution in [-0.2, 0) is 59.4 Å². The van der Waals surface area contributed by atoms with Crippen LogP contribution in [-0.4, -0.2) is 0 Å². The van der Waals surface area contributed by atoms with E-state index in [9.17, 15) is 0 Å². The van der Waals surface area contributed by atoms with Crippen molar-refractivity contribution in [1.29, 1.82) is 0 Å². The Morgan fingerprint density at radius 3 is 0.692 bits per heavy atom. The van der Waals surface area contributed by atoms with Crippen molar-refractivity contribution in [3.63, 3.8) is 0 Å². The predicted octanol–water partition coefficient (Wildman–Crippen LogP) is -8.08. The molecule has 8 nitrogen and oxygen atoms in total. The zero-order chi connectivity index (χ0) is 9.00. The van der Waals surface area contributed by atoms with E-state index in [1.807, 2.05) is 0 Å². The molecule has 0 atom stereocenters. The second-order valence-electron chi connectivity index (χ2n) is 0.756. The van der Waals surface area contributed by atoms with Crippen molar-refractivity contribution in [1.82, 2.24) is 0 Å². The molecular weight excluding hydrogens is 316 g/mol. The predicted molar refractivity (Wildman–Crippen MR) is 5.25 cm³/mol. The molecule has 0 aliphatic heterocycles. The zero-order valence-electron chi connectivity index (χ0n) is 5.84. The molecule has 0 saturated carbocycles. The molecule has 77 valence electrons. The fraction of sp³-hybridized carbons (Fsp3) is 0. The summed E-state index contributed by atoms with van der Waals surface area (Å²) >= 11 is -11.2. The molecule has 0 fully saturated rings. The van der Waals surface area contributed by atoms with Crippen LogP contribution in [0.3, 0.4) is 0 Å². The number of rotatable bonds is 0. The summed E-state index contributed by atoms with van der Waals surface area (Å²) in [6, 6.07) is 0. The van der Waals surface area contributed by atoms with Gasteiger partial charge in [0.25, 0.3) is 0 Å². The molecule has 0 heterocycles.